The molecule has 0 amide bonds. The molecule has 0 aliphatic carbocycles. The van der Waals surface area contributed by atoms with Gasteiger partial charge in [0.1, 0.15) is 5.82 Å². The maximum atomic E-state index is 12.8. The maximum absolute atomic E-state index is 12.8. The van der Waals surface area contributed by atoms with Gasteiger partial charge in [0.25, 0.3) is 0 Å². The molecule has 0 atom stereocenters. The molecule has 0 heterocycles. The van der Waals surface area contributed by atoms with Crippen LogP contribution in [0.25, 0.3) is 0 Å². The first-order valence-corrected chi connectivity index (χ1v) is 5.22. The molecule has 1 aromatic rings. The fourth-order valence-corrected chi connectivity index (χ4v) is 1.45. The fourth-order valence-electron chi connectivity index (χ4n) is 1.45. The molecule has 0 aliphatic heterocycles. The Morgan fingerprint density at radius 2 is 2.31 bits per heavy atom. The number of carbonyl (C=O) groups is 1. The van der Waals surface area contributed by atoms with E-state index < -0.39 is 0 Å². The average Bonchev–Trinajstić information content (AvgIpc) is 2.23. The summed E-state index contributed by atoms with van der Waals surface area (Å²) < 4.78 is 12.8. The number of nitrogens with one attached hydrogen (secondary N) is 1. The van der Waals surface area contributed by atoms with Crippen molar-refractivity contribution in [2.75, 3.05) is 13.1 Å². The van der Waals surface area contributed by atoms with Crippen LogP contribution in [0.3, 0.4) is 0 Å². The van der Waals surface area contributed by atoms with Crippen LogP contribution in [0.1, 0.15) is 11.1 Å². The number of rotatable bonds is 6. The molecule has 0 spiro atoms. The van der Waals surface area contributed by atoms with Gasteiger partial charge in [-0.25, -0.2) is 4.39 Å². The van der Waals surface area contributed by atoms with Gasteiger partial charge in [-0.3, -0.25) is 4.79 Å². The van der Waals surface area contributed by atoms with Crippen molar-refractivity contribution in [3.8, 4) is 0 Å². The fraction of sp³-hybridized carbons (Fsp3) is 0.308. The number of hydrogen-bond donors (Lipinski definition) is 1. The summed E-state index contributed by atoms with van der Waals surface area (Å²) >= 11 is 0. The minimum absolute atomic E-state index is 0.0940. The lowest BCUT2D eigenvalue weighted by atomic mass is 10.0. The molecule has 1 rings (SSSR count). The summed E-state index contributed by atoms with van der Waals surface area (Å²) in [6, 6.07) is 4.49. The molecule has 86 valence electrons. The molecule has 1 aromatic carbocycles. The zero-order valence-corrected chi connectivity index (χ0v) is 9.42. The van der Waals surface area contributed by atoms with Crippen LogP contribution in [0.5, 0.6) is 0 Å². The molecule has 0 unspecified atom stereocenters. The minimum Gasteiger partial charge on any atom is -0.307 e. The van der Waals surface area contributed by atoms with Crippen LogP contribution in [0.4, 0.5) is 4.39 Å². The van der Waals surface area contributed by atoms with Crippen LogP contribution in [0, 0.1) is 12.7 Å². The lowest BCUT2D eigenvalue weighted by Crippen LogP contribution is -2.24. The second kappa shape index (κ2) is 6.18. The van der Waals surface area contributed by atoms with Crippen molar-refractivity contribution in [2.24, 2.45) is 0 Å². The van der Waals surface area contributed by atoms with Crippen LogP contribution in [0.2, 0.25) is 0 Å². The first-order valence-electron chi connectivity index (χ1n) is 5.22. The van der Waals surface area contributed by atoms with E-state index in [0.29, 0.717) is 19.5 Å². The van der Waals surface area contributed by atoms with Crippen molar-refractivity contribution in [3.05, 3.63) is 47.8 Å². The van der Waals surface area contributed by atoms with Gasteiger partial charge in [0.2, 0.25) is 0 Å². The van der Waals surface area contributed by atoms with E-state index in [-0.39, 0.29) is 11.6 Å². The van der Waals surface area contributed by atoms with Gasteiger partial charge >= 0.3 is 0 Å². The van der Waals surface area contributed by atoms with Gasteiger partial charge in [0.15, 0.2) is 5.78 Å². The highest BCUT2D eigenvalue weighted by atomic mass is 19.1. The van der Waals surface area contributed by atoms with Gasteiger partial charge in [0.05, 0.1) is 6.54 Å². The summed E-state index contributed by atoms with van der Waals surface area (Å²) in [6.45, 7) is 6.30. The summed E-state index contributed by atoms with van der Waals surface area (Å²) in [7, 11) is 0. The molecule has 0 bridgehead atoms. The van der Waals surface area contributed by atoms with Gasteiger partial charge < -0.3 is 5.32 Å². The number of benzene rings is 1. The molecule has 0 saturated heterocycles. The molecular weight excluding hydrogens is 205 g/mol. The van der Waals surface area contributed by atoms with Gasteiger partial charge in [0, 0.05) is 13.0 Å². The van der Waals surface area contributed by atoms with Gasteiger partial charge in [-0.2, -0.15) is 0 Å². The molecule has 1 N–H and O–H groups in total. The van der Waals surface area contributed by atoms with E-state index in [0.717, 1.165) is 11.1 Å². The van der Waals surface area contributed by atoms with Crippen molar-refractivity contribution in [1.82, 2.24) is 5.32 Å². The zero-order valence-electron chi connectivity index (χ0n) is 9.42. The lowest BCUT2D eigenvalue weighted by Gasteiger charge is -2.05. The van der Waals surface area contributed by atoms with Crippen LogP contribution >= 0.6 is 0 Å². The Labute approximate surface area is 95.2 Å². The summed E-state index contributed by atoms with van der Waals surface area (Å²) in [5, 5.41) is 2.94. The SMILES string of the molecule is C=CCNCC(=O)Cc1ccc(F)cc1C. The van der Waals surface area contributed by atoms with Gasteiger partial charge in [-0.05, 0) is 30.2 Å². The van der Waals surface area contributed by atoms with Crippen molar-refractivity contribution in [1.29, 1.82) is 0 Å². The second-order valence-electron chi connectivity index (χ2n) is 3.71. The molecular formula is C13H16FNO. The maximum Gasteiger partial charge on any atom is 0.150 e. The van der Waals surface area contributed by atoms with Crippen molar-refractivity contribution in [2.45, 2.75) is 13.3 Å². The Balaban J connectivity index is 2.52. The number of aryl methyl sites for hydroxylation is 1. The first kappa shape index (κ1) is 12.6. The van der Waals surface area contributed by atoms with E-state index in [1.165, 1.54) is 12.1 Å². The molecule has 16 heavy (non-hydrogen) atoms. The van der Waals surface area contributed by atoms with Crippen LogP contribution in [-0.2, 0) is 11.2 Å². The Kier molecular flexibility index (Phi) is 4.86. The summed E-state index contributed by atoms with van der Waals surface area (Å²) in [4.78, 5) is 11.5. The third-order valence-electron chi connectivity index (χ3n) is 2.30. The normalized spacial score (nSPS) is 10.1. The third-order valence-corrected chi connectivity index (χ3v) is 2.30. The molecule has 0 aromatic heterocycles. The second-order valence-corrected chi connectivity index (χ2v) is 3.71. The minimum atomic E-state index is -0.265. The topological polar surface area (TPSA) is 29.1 Å². The highest BCUT2D eigenvalue weighted by molar-refractivity contribution is 5.83. The highest BCUT2D eigenvalue weighted by Gasteiger charge is 2.06. The number of ketones is 1. The molecule has 0 radical (unpaired) electrons. The molecule has 2 nitrogen and oxygen atoms in total. The average molecular weight is 221 g/mol. The van der Waals surface area contributed by atoms with E-state index >= 15 is 0 Å². The first-order chi connectivity index (χ1) is 7.63. The van der Waals surface area contributed by atoms with Crippen LogP contribution in [-0.4, -0.2) is 18.9 Å². The van der Waals surface area contributed by atoms with Gasteiger partial charge in [-0.15, -0.1) is 6.58 Å². The number of halogens is 1. The van der Waals surface area contributed by atoms with E-state index in [2.05, 4.69) is 11.9 Å². The monoisotopic (exact) mass is 221 g/mol. The lowest BCUT2D eigenvalue weighted by molar-refractivity contribution is -0.117. The van der Waals surface area contributed by atoms with E-state index in [1.807, 2.05) is 6.92 Å². The molecule has 3 heteroatoms. The summed E-state index contributed by atoms with van der Waals surface area (Å²) in [5.41, 5.74) is 1.70. The van der Waals surface area contributed by atoms with Gasteiger partial charge in [-0.1, -0.05) is 12.1 Å². The van der Waals surface area contributed by atoms with Crippen LogP contribution < -0.4 is 5.32 Å². The van der Waals surface area contributed by atoms with E-state index in [4.69, 9.17) is 0 Å². The van der Waals surface area contributed by atoms with Crippen molar-refractivity contribution >= 4 is 5.78 Å². The smallest absolute Gasteiger partial charge is 0.150 e. The highest BCUT2D eigenvalue weighted by Crippen LogP contribution is 2.10. The predicted octanol–water partition coefficient (Wildman–Crippen LogP) is 2.02. The number of hydrogen-bond acceptors (Lipinski definition) is 2. The zero-order chi connectivity index (χ0) is 12.0. The Bertz CT molecular complexity index is 388. The van der Waals surface area contributed by atoms with Crippen molar-refractivity contribution < 1.29 is 9.18 Å². The summed E-state index contributed by atoms with van der Waals surface area (Å²) in [5.74, 6) is -0.171. The quantitative estimate of drug-likeness (QED) is 0.588. The van der Waals surface area contributed by atoms with Crippen molar-refractivity contribution in [3.63, 3.8) is 0 Å². The molecule has 0 aliphatic rings. The standard InChI is InChI=1S/C13H16FNO/c1-3-6-15-9-13(16)8-11-4-5-12(14)7-10(11)2/h3-5,7,15H,1,6,8-9H2,2H3. The Hall–Kier alpha value is -1.48. The largest absolute Gasteiger partial charge is 0.307 e. The summed E-state index contributed by atoms with van der Waals surface area (Å²) in [6.07, 6.45) is 2.05. The Morgan fingerprint density at radius 1 is 1.56 bits per heavy atom. The van der Waals surface area contributed by atoms with Crippen LogP contribution in [0.15, 0.2) is 30.9 Å². The van der Waals surface area contributed by atoms with E-state index in [9.17, 15) is 9.18 Å². The third kappa shape index (κ3) is 3.95. The van der Waals surface area contributed by atoms with E-state index in [1.54, 1.807) is 12.1 Å². The molecule has 0 saturated carbocycles. The molecule has 0 fully saturated rings. The predicted molar refractivity (Wildman–Crippen MR) is 62.9 cm³/mol. The Morgan fingerprint density at radius 3 is 2.94 bits per heavy atom. The number of Topliss-reactive ketones (excluding diaryl/α,β-unsaturated/α-hetero) is 1. The number of carbonyl (C=O) groups excluding carboxylic acids is 1.